The summed E-state index contributed by atoms with van der Waals surface area (Å²) in [6.07, 6.45) is 2.83. The van der Waals surface area contributed by atoms with Crippen LogP contribution < -0.4 is 4.72 Å². The molecule has 1 aromatic carbocycles. The molecule has 2 heterocycles. The lowest BCUT2D eigenvalue weighted by atomic mass is 10.0. The number of halogens is 1. The quantitative estimate of drug-likeness (QED) is 0.841. The van der Waals surface area contributed by atoms with Crippen molar-refractivity contribution in [3.8, 4) is 0 Å². The van der Waals surface area contributed by atoms with Crippen molar-refractivity contribution in [3.05, 3.63) is 60.2 Å². The topological polar surface area (TPSA) is 71.5 Å². The third kappa shape index (κ3) is 4.60. The summed E-state index contributed by atoms with van der Waals surface area (Å²) in [5, 5.41) is 0. The van der Waals surface area contributed by atoms with Crippen LogP contribution in [0.1, 0.15) is 11.6 Å². The number of sulfonamides is 1. The molecule has 0 spiro atoms. The minimum atomic E-state index is -3.65. The van der Waals surface area contributed by atoms with Gasteiger partial charge in [-0.15, -0.1) is 0 Å². The number of ether oxygens (including phenoxy) is 1. The van der Waals surface area contributed by atoms with Gasteiger partial charge in [-0.2, -0.15) is 0 Å². The van der Waals surface area contributed by atoms with Gasteiger partial charge in [-0.3, -0.25) is 9.88 Å². The Balaban J connectivity index is 1.79. The molecule has 0 saturated carbocycles. The Morgan fingerprint density at radius 3 is 2.56 bits per heavy atom. The molecule has 6 nitrogen and oxygen atoms in total. The number of morpholine rings is 1. The molecule has 1 saturated heterocycles. The molecule has 1 aromatic heterocycles. The first-order valence-corrected chi connectivity index (χ1v) is 9.51. The van der Waals surface area contributed by atoms with Gasteiger partial charge in [0.25, 0.3) is 0 Å². The van der Waals surface area contributed by atoms with Crippen molar-refractivity contribution < 1.29 is 17.5 Å². The Kier molecular flexibility index (Phi) is 5.74. The molecule has 1 fully saturated rings. The fourth-order valence-electron chi connectivity index (χ4n) is 2.81. The van der Waals surface area contributed by atoms with Crippen molar-refractivity contribution in [1.82, 2.24) is 14.6 Å². The standard InChI is InChI=1S/C17H20FN3O3S/c18-15-5-3-14(4-6-15)17(21-8-10-24-11-9-21)13-20-25(22,23)16-2-1-7-19-12-16/h1-7,12,17,20H,8-11,13H2. The maximum Gasteiger partial charge on any atom is 0.242 e. The summed E-state index contributed by atoms with van der Waals surface area (Å²) in [7, 11) is -3.65. The number of rotatable bonds is 6. The maximum atomic E-state index is 13.2. The van der Waals surface area contributed by atoms with Crippen LogP contribution in [-0.2, 0) is 14.8 Å². The molecule has 0 amide bonds. The van der Waals surface area contributed by atoms with Gasteiger partial charge in [0.1, 0.15) is 10.7 Å². The van der Waals surface area contributed by atoms with Crippen LogP contribution in [0.3, 0.4) is 0 Å². The van der Waals surface area contributed by atoms with Crippen LogP contribution in [0, 0.1) is 5.82 Å². The predicted octanol–water partition coefficient (Wildman–Crippen LogP) is 1.57. The molecule has 0 aliphatic carbocycles. The Labute approximate surface area is 146 Å². The number of hydrogen-bond acceptors (Lipinski definition) is 5. The van der Waals surface area contributed by atoms with Crippen LogP contribution in [0.4, 0.5) is 4.39 Å². The van der Waals surface area contributed by atoms with Crippen LogP contribution in [0.15, 0.2) is 53.7 Å². The minimum Gasteiger partial charge on any atom is -0.379 e. The molecule has 0 bridgehead atoms. The van der Waals surface area contributed by atoms with E-state index >= 15 is 0 Å². The van der Waals surface area contributed by atoms with Crippen LogP contribution in [0.2, 0.25) is 0 Å². The van der Waals surface area contributed by atoms with E-state index in [-0.39, 0.29) is 23.3 Å². The number of hydrogen-bond donors (Lipinski definition) is 1. The van der Waals surface area contributed by atoms with Gasteiger partial charge >= 0.3 is 0 Å². The Morgan fingerprint density at radius 1 is 1.20 bits per heavy atom. The van der Waals surface area contributed by atoms with Crippen LogP contribution in [0.5, 0.6) is 0 Å². The fourth-order valence-corrected chi connectivity index (χ4v) is 3.81. The maximum absolute atomic E-state index is 13.2. The highest BCUT2D eigenvalue weighted by Crippen LogP contribution is 2.22. The second-order valence-electron chi connectivity index (χ2n) is 5.76. The van der Waals surface area contributed by atoms with E-state index in [4.69, 9.17) is 4.74 Å². The number of aromatic nitrogens is 1. The molecule has 2 aromatic rings. The average molecular weight is 365 g/mol. The van der Waals surface area contributed by atoms with Gasteiger partial charge in [-0.05, 0) is 29.8 Å². The number of nitrogens with one attached hydrogen (secondary N) is 1. The second-order valence-corrected chi connectivity index (χ2v) is 7.52. The summed E-state index contributed by atoms with van der Waals surface area (Å²) in [5.41, 5.74) is 0.859. The lowest BCUT2D eigenvalue weighted by Crippen LogP contribution is -2.43. The lowest BCUT2D eigenvalue weighted by molar-refractivity contribution is 0.0172. The summed E-state index contributed by atoms with van der Waals surface area (Å²) >= 11 is 0. The van der Waals surface area contributed by atoms with Gasteiger partial charge in [0.05, 0.1) is 13.2 Å². The van der Waals surface area contributed by atoms with E-state index in [0.717, 1.165) is 5.56 Å². The Morgan fingerprint density at radius 2 is 1.92 bits per heavy atom. The van der Waals surface area contributed by atoms with Crippen LogP contribution in [0.25, 0.3) is 0 Å². The summed E-state index contributed by atoms with van der Waals surface area (Å²) in [4.78, 5) is 6.11. The summed E-state index contributed by atoms with van der Waals surface area (Å²) in [5.74, 6) is -0.319. The van der Waals surface area contributed by atoms with Crippen LogP contribution >= 0.6 is 0 Å². The molecular weight excluding hydrogens is 345 g/mol. The van der Waals surface area contributed by atoms with Crippen molar-refractivity contribution in [3.63, 3.8) is 0 Å². The number of pyridine rings is 1. The first-order valence-electron chi connectivity index (χ1n) is 8.03. The molecule has 8 heteroatoms. The molecule has 1 N–H and O–H groups in total. The van der Waals surface area contributed by atoms with Crippen molar-refractivity contribution in [2.24, 2.45) is 0 Å². The van der Waals surface area contributed by atoms with Crippen molar-refractivity contribution in [1.29, 1.82) is 0 Å². The van der Waals surface area contributed by atoms with Gasteiger partial charge in [-0.1, -0.05) is 12.1 Å². The van der Waals surface area contributed by atoms with E-state index in [0.29, 0.717) is 26.3 Å². The third-order valence-corrected chi connectivity index (χ3v) is 5.56. The molecule has 134 valence electrons. The van der Waals surface area contributed by atoms with Gasteiger partial charge in [0.2, 0.25) is 10.0 Å². The van der Waals surface area contributed by atoms with Gasteiger partial charge in [-0.25, -0.2) is 17.5 Å². The normalized spacial score (nSPS) is 17.3. The molecule has 25 heavy (non-hydrogen) atoms. The smallest absolute Gasteiger partial charge is 0.242 e. The first kappa shape index (κ1) is 17.9. The lowest BCUT2D eigenvalue weighted by Gasteiger charge is -2.34. The first-order chi connectivity index (χ1) is 12.1. The van der Waals surface area contributed by atoms with Gasteiger partial charge in [0, 0.05) is 38.1 Å². The highest BCUT2D eigenvalue weighted by molar-refractivity contribution is 7.89. The third-order valence-electron chi connectivity index (χ3n) is 4.15. The van der Waals surface area contributed by atoms with Gasteiger partial charge in [0.15, 0.2) is 0 Å². The zero-order valence-electron chi connectivity index (χ0n) is 13.6. The van der Waals surface area contributed by atoms with Crippen molar-refractivity contribution >= 4 is 10.0 Å². The number of nitrogens with zero attached hydrogens (tertiary/aromatic N) is 2. The van der Waals surface area contributed by atoms with E-state index < -0.39 is 10.0 Å². The molecule has 1 atom stereocenters. The van der Waals surface area contributed by atoms with E-state index in [1.807, 2.05) is 0 Å². The van der Waals surface area contributed by atoms with E-state index in [1.165, 1.54) is 30.6 Å². The van der Waals surface area contributed by atoms with Crippen molar-refractivity contribution in [2.45, 2.75) is 10.9 Å². The monoisotopic (exact) mass is 365 g/mol. The second kappa shape index (κ2) is 8.01. The molecular formula is C17H20FN3O3S. The summed E-state index contributed by atoms with van der Waals surface area (Å²) in [6.45, 7) is 2.75. The van der Waals surface area contributed by atoms with Crippen molar-refractivity contribution in [2.75, 3.05) is 32.8 Å². The molecule has 1 unspecified atom stereocenters. The Bertz CT molecular complexity index is 779. The van der Waals surface area contributed by atoms with E-state index in [9.17, 15) is 12.8 Å². The highest BCUT2D eigenvalue weighted by atomic mass is 32.2. The zero-order valence-corrected chi connectivity index (χ0v) is 14.5. The molecule has 1 aliphatic rings. The summed E-state index contributed by atoms with van der Waals surface area (Å²) in [6, 6.07) is 9.03. The minimum absolute atomic E-state index is 0.120. The Hall–Kier alpha value is -1.87. The fraction of sp³-hybridized carbons (Fsp3) is 0.353. The average Bonchev–Trinajstić information content (AvgIpc) is 2.65. The molecule has 0 radical (unpaired) electrons. The highest BCUT2D eigenvalue weighted by Gasteiger charge is 2.25. The summed E-state index contributed by atoms with van der Waals surface area (Å²) < 4.78 is 46.2. The van der Waals surface area contributed by atoms with Crippen LogP contribution in [-0.4, -0.2) is 51.1 Å². The predicted molar refractivity (Wildman–Crippen MR) is 91.0 cm³/mol. The van der Waals surface area contributed by atoms with Gasteiger partial charge < -0.3 is 4.74 Å². The largest absolute Gasteiger partial charge is 0.379 e. The number of benzene rings is 1. The zero-order chi connectivity index (χ0) is 17.7. The molecule has 3 rings (SSSR count). The SMILES string of the molecule is O=S(=O)(NCC(c1ccc(F)cc1)N1CCOCC1)c1cccnc1. The van der Waals surface area contributed by atoms with E-state index in [2.05, 4.69) is 14.6 Å². The molecule has 1 aliphatic heterocycles. The van der Waals surface area contributed by atoms with E-state index in [1.54, 1.807) is 18.2 Å².